The fourth-order valence-electron chi connectivity index (χ4n) is 3.23. The van der Waals surface area contributed by atoms with E-state index in [1.54, 1.807) is 35.9 Å². The first kappa shape index (κ1) is 22.1. The summed E-state index contributed by atoms with van der Waals surface area (Å²) in [6.45, 7) is 0.442. The van der Waals surface area contributed by atoms with Crippen molar-refractivity contribution in [2.75, 3.05) is 0 Å². The Balaban J connectivity index is 1.30. The first-order valence-corrected chi connectivity index (χ1v) is 12.2. The third-order valence-electron chi connectivity index (χ3n) is 4.86. The number of thioether (sulfide) groups is 1. The lowest BCUT2D eigenvalue weighted by Gasteiger charge is -2.08. The number of carbonyl (C=O) groups excluding carboxylic acids is 1. The van der Waals surface area contributed by atoms with E-state index >= 15 is 0 Å². The van der Waals surface area contributed by atoms with Crippen LogP contribution in [0.5, 0.6) is 0 Å². The second-order valence-corrected chi connectivity index (χ2v) is 9.06. The highest BCUT2D eigenvalue weighted by Gasteiger charge is 2.19. The van der Waals surface area contributed by atoms with Crippen molar-refractivity contribution >= 4 is 29.0 Å². The number of nitrogens with zero attached hydrogens (tertiary/aromatic N) is 4. The summed E-state index contributed by atoms with van der Waals surface area (Å²) < 4.78 is 20.8. The van der Waals surface area contributed by atoms with Crippen molar-refractivity contribution in [3.63, 3.8) is 0 Å². The van der Waals surface area contributed by atoms with Gasteiger partial charge >= 0.3 is 0 Å². The SMILES string of the molecule is O=C(NCc1ccccc1)c1csc(CSc2nnc(-c3ccco3)n2-c2ccc(F)cc2)n1. The molecule has 0 aliphatic carbocycles. The molecule has 0 atom stereocenters. The van der Waals surface area contributed by atoms with Crippen LogP contribution in [0.3, 0.4) is 0 Å². The van der Waals surface area contributed by atoms with Gasteiger partial charge in [0.15, 0.2) is 10.9 Å². The topological polar surface area (TPSA) is 85.8 Å². The van der Waals surface area contributed by atoms with Crippen LogP contribution in [-0.2, 0) is 12.3 Å². The zero-order valence-electron chi connectivity index (χ0n) is 17.7. The number of halogens is 1. The quantitative estimate of drug-likeness (QED) is 0.295. The summed E-state index contributed by atoms with van der Waals surface area (Å²) in [6.07, 6.45) is 1.56. The summed E-state index contributed by atoms with van der Waals surface area (Å²) in [7, 11) is 0. The van der Waals surface area contributed by atoms with Crippen LogP contribution in [0.2, 0.25) is 0 Å². The van der Waals surface area contributed by atoms with Crippen molar-refractivity contribution in [2.24, 2.45) is 0 Å². The van der Waals surface area contributed by atoms with Gasteiger partial charge in [0.05, 0.1) is 17.7 Å². The van der Waals surface area contributed by atoms with Gasteiger partial charge in [0.25, 0.3) is 5.91 Å². The zero-order chi connectivity index (χ0) is 23.3. The maximum absolute atomic E-state index is 13.5. The van der Waals surface area contributed by atoms with Crippen molar-refractivity contribution < 1.29 is 13.6 Å². The van der Waals surface area contributed by atoms with E-state index in [1.807, 2.05) is 34.9 Å². The van der Waals surface area contributed by atoms with E-state index < -0.39 is 0 Å². The summed E-state index contributed by atoms with van der Waals surface area (Å²) in [5, 5.41) is 14.6. The molecule has 0 aliphatic rings. The van der Waals surface area contributed by atoms with Crippen LogP contribution >= 0.6 is 23.1 Å². The van der Waals surface area contributed by atoms with E-state index in [0.717, 1.165) is 10.6 Å². The van der Waals surface area contributed by atoms with Gasteiger partial charge in [-0.05, 0) is 42.0 Å². The number of hydrogen-bond donors (Lipinski definition) is 1. The second-order valence-electron chi connectivity index (χ2n) is 7.18. The Kier molecular flexibility index (Phi) is 6.50. The molecule has 7 nitrogen and oxygen atoms in total. The first-order valence-electron chi connectivity index (χ1n) is 10.3. The molecule has 10 heteroatoms. The standard InChI is InChI=1S/C24H18FN5O2S2/c25-17-8-10-18(11-9-17)30-22(20-7-4-12-32-20)28-29-24(30)34-15-21-27-19(14-33-21)23(31)26-13-16-5-2-1-3-6-16/h1-12,14H,13,15H2,(H,26,31). The molecule has 0 bridgehead atoms. The molecule has 0 unspecified atom stereocenters. The van der Waals surface area contributed by atoms with Crippen LogP contribution in [0.4, 0.5) is 4.39 Å². The number of carbonyl (C=O) groups is 1. The van der Waals surface area contributed by atoms with E-state index in [9.17, 15) is 9.18 Å². The number of thiazole rings is 1. The molecule has 0 radical (unpaired) electrons. The highest BCUT2D eigenvalue weighted by Crippen LogP contribution is 2.30. The number of hydrogen-bond acceptors (Lipinski definition) is 7. The van der Waals surface area contributed by atoms with Gasteiger partial charge in [-0.3, -0.25) is 9.36 Å². The van der Waals surface area contributed by atoms with Crippen molar-refractivity contribution in [3.05, 3.63) is 100 Å². The number of amides is 1. The van der Waals surface area contributed by atoms with Gasteiger partial charge in [0, 0.05) is 11.9 Å². The minimum Gasteiger partial charge on any atom is -0.461 e. The molecule has 3 aromatic heterocycles. The van der Waals surface area contributed by atoms with Crippen LogP contribution in [0.15, 0.2) is 87.9 Å². The third-order valence-corrected chi connectivity index (χ3v) is 6.84. The number of rotatable bonds is 8. The Morgan fingerprint density at radius 1 is 1.06 bits per heavy atom. The molecule has 5 aromatic rings. The number of benzene rings is 2. The van der Waals surface area contributed by atoms with Crippen LogP contribution in [0.25, 0.3) is 17.3 Å². The molecule has 2 aromatic carbocycles. The summed E-state index contributed by atoms with van der Waals surface area (Å²) in [5.41, 5.74) is 2.11. The Morgan fingerprint density at radius 2 is 1.88 bits per heavy atom. The van der Waals surface area contributed by atoms with Gasteiger partial charge in [-0.15, -0.1) is 21.5 Å². The number of aromatic nitrogens is 4. The van der Waals surface area contributed by atoms with Gasteiger partial charge in [0.1, 0.15) is 16.5 Å². The molecular weight excluding hydrogens is 473 g/mol. The lowest BCUT2D eigenvalue weighted by Crippen LogP contribution is -2.23. The smallest absolute Gasteiger partial charge is 0.271 e. The molecule has 170 valence electrons. The Labute approximate surface area is 202 Å². The zero-order valence-corrected chi connectivity index (χ0v) is 19.4. The van der Waals surface area contributed by atoms with E-state index in [-0.39, 0.29) is 11.7 Å². The van der Waals surface area contributed by atoms with E-state index in [2.05, 4.69) is 20.5 Å². The summed E-state index contributed by atoms with van der Waals surface area (Å²) in [4.78, 5) is 16.9. The molecular formula is C24H18FN5O2S2. The molecule has 34 heavy (non-hydrogen) atoms. The van der Waals surface area contributed by atoms with Crippen LogP contribution in [0, 0.1) is 5.82 Å². The fraction of sp³-hybridized carbons (Fsp3) is 0.0833. The summed E-state index contributed by atoms with van der Waals surface area (Å²) >= 11 is 2.83. The molecule has 0 aliphatic heterocycles. The molecule has 5 rings (SSSR count). The summed E-state index contributed by atoms with van der Waals surface area (Å²) in [6, 6.07) is 19.4. The van der Waals surface area contributed by atoms with Crippen LogP contribution in [0.1, 0.15) is 21.1 Å². The van der Waals surface area contributed by atoms with E-state index in [0.29, 0.717) is 40.4 Å². The van der Waals surface area contributed by atoms with Gasteiger partial charge in [0.2, 0.25) is 5.82 Å². The Morgan fingerprint density at radius 3 is 2.65 bits per heavy atom. The Hall–Kier alpha value is -3.76. The number of furan rings is 1. The molecule has 1 N–H and O–H groups in total. The Bertz CT molecular complexity index is 1380. The lowest BCUT2D eigenvalue weighted by atomic mass is 10.2. The van der Waals surface area contributed by atoms with E-state index in [4.69, 9.17) is 4.42 Å². The minimum absolute atomic E-state index is 0.217. The van der Waals surface area contributed by atoms with Crippen molar-refractivity contribution in [3.8, 4) is 17.3 Å². The maximum atomic E-state index is 13.5. The van der Waals surface area contributed by atoms with Gasteiger partial charge in [-0.1, -0.05) is 42.1 Å². The van der Waals surface area contributed by atoms with Crippen molar-refractivity contribution in [1.29, 1.82) is 0 Å². The number of nitrogens with one attached hydrogen (secondary N) is 1. The molecule has 0 saturated carbocycles. The third kappa shape index (κ3) is 4.92. The van der Waals surface area contributed by atoms with Gasteiger partial charge in [-0.25, -0.2) is 9.37 Å². The highest BCUT2D eigenvalue weighted by atomic mass is 32.2. The van der Waals surface area contributed by atoms with Crippen molar-refractivity contribution in [1.82, 2.24) is 25.1 Å². The maximum Gasteiger partial charge on any atom is 0.271 e. The normalized spacial score (nSPS) is 11.0. The average Bonchev–Trinajstić information content (AvgIpc) is 3.63. The van der Waals surface area contributed by atoms with Gasteiger partial charge < -0.3 is 9.73 Å². The van der Waals surface area contributed by atoms with Crippen LogP contribution in [-0.4, -0.2) is 25.7 Å². The minimum atomic E-state index is -0.327. The molecule has 0 spiro atoms. The molecule has 0 fully saturated rings. The van der Waals surface area contributed by atoms with Gasteiger partial charge in [-0.2, -0.15) is 0 Å². The predicted octanol–water partition coefficient (Wildman–Crippen LogP) is 5.35. The molecule has 1 amide bonds. The average molecular weight is 492 g/mol. The largest absolute Gasteiger partial charge is 0.461 e. The lowest BCUT2D eigenvalue weighted by molar-refractivity contribution is 0.0946. The predicted molar refractivity (Wildman–Crippen MR) is 128 cm³/mol. The fourth-order valence-corrected chi connectivity index (χ4v) is 4.97. The summed E-state index contributed by atoms with van der Waals surface area (Å²) in [5.74, 6) is 1.01. The first-order chi connectivity index (χ1) is 16.7. The molecule has 0 saturated heterocycles. The molecule has 3 heterocycles. The highest BCUT2D eigenvalue weighted by molar-refractivity contribution is 7.98. The second kappa shape index (κ2) is 10.0. The van der Waals surface area contributed by atoms with Crippen molar-refractivity contribution in [2.45, 2.75) is 17.5 Å². The monoisotopic (exact) mass is 491 g/mol. The van der Waals surface area contributed by atoms with Crippen LogP contribution < -0.4 is 5.32 Å². The van der Waals surface area contributed by atoms with E-state index in [1.165, 1.54) is 35.2 Å².